The molecule has 1 aliphatic rings. The summed E-state index contributed by atoms with van der Waals surface area (Å²) in [6.07, 6.45) is 0.283. The normalized spacial score (nSPS) is 18.7. The summed E-state index contributed by atoms with van der Waals surface area (Å²) in [4.78, 5) is 18.1. The van der Waals surface area contributed by atoms with Crippen molar-refractivity contribution in [3.63, 3.8) is 0 Å². The lowest BCUT2D eigenvalue weighted by molar-refractivity contribution is -0.124. The fraction of sp³-hybridized carbons (Fsp3) is 0.0909. The Morgan fingerprint density at radius 3 is 2.32 bits per heavy atom. The van der Waals surface area contributed by atoms with Gasteiger partial charge in [0.25, 0.3) is 5.91 Å². The van der Waals surface area contributed by atoms with Gasteiger partial charge in [-0.1, -0.05) is 83.3 Å². The first-order valence-electron chi connectivity index (χ1n) is 8.65. The van der Waals surface area contributed by atoms with Gasteiger partial charge in [-0.3, -0.25) is 4.79 Å². The van der Waals surface area contributed by atoms with Gasteiger partial charge >= 0.3 is 0 Å². The van der Waals surface area contributed by atoms with E-state index in [4.69, 9.17) is 39.8 Å². The monoisotopic (exact) mass is 428 g/mol. The first-order valence-corrected chi connectivity index (χ1v) is 9.78. The molecular weight excluding hydrogens is 415 g/mol. The van der Waals surface area contributed by atoms with Crippen molar-refractivity contribution in [2.45, 2.75) is 12.0 Å². The number of halogens is 3. The van der Waals surface area contributed by atoms with E-state index in [-0.39, 0.29) is 12.3 Å². The van der Waals surface area contributed by atoms with E-state index >= 15 is 0 Å². The van der Waals surface area contributed by atoms with Gasteiger partial charge in [-0.2, -0.15) is 0 Å². The molecule has 1 heterocycles. The minimum Gasteiger partial charge on any atom is -0.308 e. The molecule has 140 valence electrons. The molecule has 1 unspecified atom stereocenters. The summed E-state index contributed by atoms with van der Waals surface area (Å²) in [5, 5.41) is 4.49. The summed E-state index contributed by atoms with van der Waals surface area (Å²) in [6, 6.07) is 22.0. The Bertz CT molecular complexity index is 1080. The lowest BCUT2D eigenvalue weighted by Gasteiger charge is -2.25. The van der Waals surface area contributed by atoms with Crippen molar-refractivity contribution in [3.8, 4) is 0 Å². The minimum absolute atomic E-state index is 0.223. The molecule has 0 aliphatic carbocycles. The SMILES string of the molecule is O=C1NC(c2ccccc2)=NC1(Cc1ccc(Cl)cc1Cl)c1cccc(Cl)c1. The van der Waals surface area contributed by atoms with Gasteiger partial charge in [-0.05, 0) is 35.4 Å². The molecule has 3 aromatic rings. The van der Waals surface area contributed by atoms with Crippen LogP contribution in [0.2, 0.25) is 15.1 Å². The lowest BCUT2D eigenvalue weighted by atomic mass is 9.84. The van der Waals surface area contributed by atoms with E-state index in [0.717, 1.165) is 11.1 Å². The highest BCUT2D eigenvalue weighted by atomic mass is 35.5. The molecule has 0 bridgehead atoms. The van der Waals surface area contributed by atoms with Crippen molar-refractivity contribution >= 4 is 46.5 Å². The van der Waals surface area contributed by atoms with E-state index in [0.29, 0.717) is 26.5 Å². The van der Waals surface area contributed by atoms with Crippen LogP contribution in [0.4, 0.5) is 0 Å². The summed E-state index contributed by atoms with van der Waals surface area (Å²) >= 11 is 18.6. The van der Waals surface area contributed by atoms with Crippen LogP contribution in [0.5, 0.6) is 0 Å². The lowest BCUT2D eigenvalue weighted by Crippen LogP contribution is -2.39. The molecule has 4 rings (SSSR count). The zero-order valence-corrected chi connectivity index (χ0v) is 16.9. The minimum atomic E-state index is -1.17. The van der Waals surface area contributed by atoms with Crippen molar-refractivity contribution in [2.24, 2.45) is 4.99 Å². The second kappa shape index (κ2) is 7.59. The molecule has 1 atom stereocenters. The van der Waals surface area contributed by atoms with E-state index in [1.807, 2.05) is 48.5 Å². The summed E-state index contributed by atoms with van der Waals surface area (Å²) < 4.78 is 0. The van der Waals surface area contributed by atoms with Gasteiger partial charge in [0, 0.05) is 27.1 Å². The number of amides is 1. The quantitative estimate of drug-likeness (QED) is 0.571. The number of carbonyl (C=O) groups is 1. The van der Waals surface area contributed by atoms with Crippen LogP contribution in [0.15, 0.2) is 77.8 Å². The Labute approximate surface area is 178 Å². The maximum absolute atomic E-state index is 13.2. The number of rotatable bonds is 4. The Morgan fingerprint density at radius 2 is 1.61 bits per heavy atom. The van der Waals surface area contributed by atoms with Crippen molar-refractivity contribution in [2.75, 3.05) is 0 Å². The van der Waals surface area contributed by atoms with E-state index in [1.165, 1.54) is 0 Å². The van der Waals surface area contributed by atoms with E-state index in [1.54, 1.807) is 24.3 Å². The molecule has 3 aromatic carbocycles. The fourth-order valence-electron chi connectivity index (χ4n) is 3.32. The number of hydrogen-bond acceptors (Lipinski definition) is 2. The van der Waals surface area contributed by atoms with Gasteiger partial charge in [-0.15, -0.1) is 0 Å². The summed E-state index contributed by atoms with van der Waals surface area (Å²) in [5.41, 5.74) is 1.14. The average Bonchev–Trinajstić information content (AvgIpc) is 3.02. The van der Waals surface area contributed by atoms with Gasteiger partial charge in [-0.25, -0.2) is 4.99 Å². The topological polar surface area (TPSA) is 41.5 Å². The van der Waals surface area contributed by atoms with E-state index in [2.05, 4.69) is 5.32 Å². The molecule has 6 heteroatoms. The smallest absolute Gasteiger partial charge is 0.258 e. The zero-order chi connectivity index (χ0) is 19.7. The number of nitrogens with one attached hydrogen (secondary N) is 1. The van der Waals surface area contributed by atoms with Crippen LogP contribution in [0.3, 0.4) is 0 Å². The fourth-order valence-corrected chi connectivity index (χ4v) is 3.98. The summed E-state index contributed by atoms with van der Waals surface area (Å²) in [6.45, 7) is 0. The van der Waals surface area contributed by atoms with Crippen LogP contribution in [0, 0.1) is 0 Å². The second-order valence-electron chi connectivity index (χ2n) is 6.56. The molecular formula is C22H15Cl3N2O. The standard InChI is InChI=1S/C22H15Cl3N2O/c23-17-8-4-7-16(11-17)22(13-15-9-10-18(24)12-19(15)25)21(28)26-20(27-22)14-5-2-1-3-6-14/h1-12H,13H2,(H,26,27,28). The highest BCUT2D eigenvalue weighted by Crippen LogP contribution is 2.37. The van der Waals surface area contributed by atoms with Gasteiger partial charge in [0.15, 0.2) is 5.54 Å². The maximum Gasteiger partial charge on any atom is 0.258 e. The van der Waals surface area contributed by atoms with Crippen LogP contribution >= 0.6 is 34.8 Å². The van der Waals surface area contributed by atoms with Gasteiger partial charge in [0.1, 0.15) is 5.84 Å². The third kappa shape index (κ3) is 3.53. The Hall–Kier alpha value is -2.33. The molecule has 28 heavy (non-hydrogen) atoms. The molecule has 0 fully saturated rings. The van der Waals surface area contributed by atoms with E-state index < -0.39 is 5.54 Å². The van der Waals surface area contributed by atoms with Crippen LogP contribution in [-0.2, 0) is 16.8 Å². The summed E-state index contributed by atoms with van der Waals surface area (Å²) in [7, 11) is 0. The van der Waals surface area contributed by atoms with Crippen LogP contribution in [-0.4, -0.2) is 11.7 Å². The largest absolute Gasteiger partial charge is 0.308 e. The van der Waals surface area contributed by atoms with Gasteiger partial charge in [0.2, 0.25) is 0 Å². The summed E-state index contributed by atoms with van der Waals surface area (Å²) in [5.74, 6) is 0.301. The first-order chi connectivity index (χ1) is 13.5. The van der Waals surface area contributed by atoms with Crippen molar-refractivity contribution in [1.82, 2.24) is 5.32 Å². The first kappa shape index (κ1) is 19.0. The maximum atomic E-state index is 13.2. The predicted molar refractivity (Wildman–Crippen MR) is 114 cm³/mol. The average molecular weight is 430 g/mol. The highest BCUT2D eigenvalue weighted by molar-refractivity contribution is 6.35. The Morgan fingerprint density at radius 1 is 0.857 bits per heavy atom. The number of hydrogen-bond donors (Lipinski definition) is 1. The molecule has 0 aromatic heterocycles. The van der Waals surface area contributed by atoms with Crippen molar-refractivity contribution in [3.05, 3.63) is 105 Å². The van der Waals surface area contributed by atoms with Crippen molar-refractivity contribution < 1.29 is 4.79 Å². The number of carbonyl (C=O) groups excluding carboxylic acids is 1. The zero-order valence-electron chi connectivity index (χ0n) is 14.6. The Balaban J connectivity index is 1.87. The third-order valence-corrected chi connectivity index (χ3v) is 5.54. The molecule has 0 spiro atoms. The number of nitrogens with zero attached hydrogens (tertiary/aromatic N) is 1. The number of amidine groups is 1. The number of benzene rings is 3. The molecule has 0 saturated heterocycles. The van der Waals surface area contributed by atoms with E-state index in [9.17, 15) is 4.79 Å². The highest BCUT2D eigenvalue weighted by Gasteiger charge is 2.46. The van der Waals surface area contributed by atoms with Gasteiger partial charge < -0.3 is 5.32 Å². The Kier molecular flexibility index (Phi) is 5.15. The van der Waals surface area contributed by atoms with Crippen LogP contribution in [0.1, 0.15) is 16.7 Å². The predicted octanol–water partition coefficient (Wildman–Crippen LogP) is 5.66. The molecule has 0 radical (unpaired) electrons. The van der Waals surface area contributed by atoms with Gasteiger partial charge in [0.05, 0.1) is 0 Å². The van der Waals surface area contributed by atoms with Crippen LogP contribution in [0.25, 0.3) is 0 Å². The third-order valence-electron chi connectivity index (χ3n) is 4.72. The molecule has 1 amide bonds. The molecule has 1 N–H and O–H groups in total. The molecule has 0 saturated carbocycles. The molecule has 1 aliphatic heterocycles. The second-order valence-corrected chi connectivity index (χ2v) is 7.84. The van der Waals surface area contributed by atoms with Crippen molar-refractivity contribution in [1.29, 1.82) is 0 Å². The van der Waals surface area contributed by atoms with Crippen LogP contribution < -0.4 is 5.32 Å². The molecule has 3 nitrogen and oxygen atoms in total. The number of aliphatic imine (C=N–C) groups is 1.